The predicted octanol–water partition coefficient (Wildman–Crippen LogP) is 3.18. The lowest BCUT2D eigenvalue weighted by Gasteiger charge is -2.20. The molecule has 0 spiro atoms. The van der Waals surface area contributed by atoms with Crippen LogP contribution < -0.4 is 0 Å². The molecule has 2 heterocycles. The van der Waals surface area contributed by atoms with Gasteiger partial charge in [0.1, 0.15) is 0 Å². The van der Waals surface area contributed by atoms with Crippen LogP contribution in [0.25, 0.3) is 6.08 Å². The van der Waals surface area contributed by atoms with Crippen molar-refractivity contribution in [2.75, 3.05) is 0 Å². The Balaban J connectivity index is 1.99. The number of hydrogen-bond acceptors (Lipinski definition) is 4. The largest absolute Gasteiger partial charge is 0.441 e. The van der Waals surface area contributed by atoms with Crippen LogP contribution in [0.3, 0.4) is 0 Å². The van der Waals surface area contributed by atoms with Gasteiger partial charge in [0.2, 0.25) is 10.2 Å². The molecular weight excluding hydrogens is 329 g/mol. The number of hydrogen-bond donors (Lipinski definition) is 1. The van der Waals surface area contributed by atoms with Crippen molar-refractivity contribution >= 4 is 39.8 Å². The summed E-state index contributed by atoms with van der Waals surface area (Å²) in [5.74, 6) is -1.18. The van der Waals surface area contributed by atoms with Crippen molar-refractivity contribution in [1.82, 2.24) is 5.01 Å². The Morgan fingerprint density at radius 3 is 2.74 bits per heavy atom. The number of halogens is 3. The van der Waals surface area contributed by atoms with Crippen molar-refractivity contribution in [3.8, 4) is 0 Å². The summed E-state index contributed by atoms with van der Waals surface area (Å²) in [6, 6.07) is 7.15. The van der Waals surface area contributed by atoms with Gasteiger partial charge in [0.25, 0.3) is 5.91 Å². The monoisotopic (exact) mass is 338 g/mol. The lowest BCUT2D eigenvalue weighted by atomic mass is 10.1. The molecule has 0 unspecified atom stereocenters. The number of rotatable bonds is 1. The Labute approximate surface area is 133 Å². The second kappa shape index (κ2) is 5.34. The van der Waals surface area contributed by atoms with Crippen LogP contribution in [0.2, 0.25) is 0 Å². The quantitative estimate of drug-likeness (QED) is 0.800. The number of aryl methyl sites for hydroxylation is 1. The number of amides is 1. The lowest BCUT2D eigenvalue weighted by Crippen LogP contribution is -2.35. The fourth-order valence-electron chi connectivity index (χ4n) is 2.03. The van der Waals surface area contributed by atoms with E-state index in [9.17, 15) is 18.0 Å². The molecule has 1 N–H and O–H groups in total. The van der Waals surface area contributed by atoms with Crippen LogP contribution >= 0.6 is 11.8 Å². The van der Waals surface area contributed by atoms with Gasteiger partial charge in [-0.15, -0.1) is 0 Å². The van der Waals surface area contributed by atoms with E-state index in [4.69, 9.17) is 5.41 Å². The Bertz CT molecular complexity index is 810. The summed E-state index contributed by atoms with van der Waals surface area (Å²) in [5.41, 5.74) is 1.50. The zero-order chi connectivity index (χ0) is 16.8. The zero-order valence-electron chi connectivity index (χ0n) is 11.7. The summed E-state index contributed by atoms with van der Waals surface area (Å²) in [4.78, 5) is 15.6. The van der Waals surface area contributed by atoms with Gasteiger partial charge in [0, 0.05) is 0 Å². The van der Waals surface area contributed by atoms with Gasteiger partial charge in [0.15, 0.2) is 5.84 Å². The molecule has 0 bridgehead atoms. The number of aliphatic imine (C=N–C) groups is 1. The standard InChI is InChI=1S/C14H9F3N4OS/c1-7-3-2-4-8(5-7)6-9-10(18)21-13(19-11(9)22)23-12(20-21)14(15,16)17/h2-6,18H,1H3/b9-6+,18-10?. The minimum absolute atomic E-state index is 0.105. The summed E-state index contributed by atoms with van der Waals surface area (Å²) in [5, 5.41) is 10.6. The highest BCUT2D eigenvalue weighted by atomic mass is 32.2. The molecule has 2 aliphatic heterocycles. The molecule has 0 aromatic heterocycles. The predicted molar refractivity (Wildman–Crippen MR) is 82.2 cm³/mol. The van der Waals surface area contributed by atoms with E-state index < -0.39 is 23.0 Å². The van der Waals surface area contributed by atoms with E-state index in [1.54, 1.807) is 18.2 Å². The molecule has 5 nitrogen and oxygen atoms in total. The molecule has 0 radical (unpaired) electrons. The number of nitrogens with zero attached hydrogens (tertiary/aromatic N) is 3. The van der Waals surface area contributed by atoms with Crippen LogP contribution in [0.1, 0.15) is 11.1 Å². The lowest BCUT2D eigenvalue weighted by molar-refractivity contribution is -0.114. The number of amidine groups is 2. The van der Waals surface area contributed by atoms with Crippen molar-refractivity contribution in [3.05, 3.63) is 41.0 Å². The molecule has 9 heteroatoms. The topological polar surface area (TPSA) is 68.9 Å². The van der Waals surface area contributed by atoms with Gasteiger partial charge in [-0.05, 0) is 30.3 Å². The first-order valence-corrected chi connectivity index (χ1v) is 7.21. The first-order chi connectivity index (χ1) is 10.8. The Morgan fingerprint density at radius 1 is 1.35 bits per heavy atom. The van der Waals surface area contributed by atoms with E-state index in [1.165, 1.54) is 6.08 Å². The second-order valence-corrected chi connectivity index (χ2v) is 5.79. The number of nitrogens with one attached hydrogen (secondary N) is 1. The van der Waals surface area contributed by atoms with Gasteiger partial charge in [-0.3, -0.25) is 10.2 Å². The summed E-state index contributed by atoms with van der Waals surface area (Å²) >= 11 is 0.232. The number of hydrazone groups is 1. The van der Waals surface area contributed by atoms with Gasteiger partial charge >= 0.3 is 6.18 Å². The molecule has 3 rings (SSSR count). The summed E-state index contributed by atoms with van der Waals surface area (Å²) in [6.07, 6.45) is -3.22. The highest BCUT2D eigenvalue weighted by Crippen LogP contribution is 2.35. The number of benzene rings is 1. The normalized spacial score (nSPS) is 19.8. The van der Waals surface area contributed by atoms with E-state index in [2.05, 4.69) is 10.1 Å². The van der Waals surface area contributed by atoms with Gasteiger partial charge in [-0.2, -0.15) is 28.3 Å². The van der Waals surface area contributed by atoms with Crippen LogP contribution in [0.15, 0.2) is 39.9 Å². The highest BCUT2D eigenvalue weighted by Gasteiger charge is 2.46. The van der Waals surface area contributed by atoms with E-state index in [1.807, 2.05) is 13.0 Å². The van der Waals surface area contributed by atoms with E-state index >= 15 is 0 Å². The molecule has 0 fully saturated rings. The summed E-state index contributed by atoms with van der Waals surface area (Å²) < 4.78 is 38.1. The molecule has 118 valence electrons. The third kappa shape index (κ3) is 2.91. The summed E-state index contributed by atoms with van der Waals surface area (Å²) in [6.45, 7) is 1.86. The van der Waals surface area contributed by atoms with Crippen LogP contribution in [-0.2, 0) is 4.79 Å². The average Bonchev–Trinajstić information content (AvgIpc) is 2.87. The molecule has 0 saturated heterocycles. The fraction of sp³-hybridized carbons (Fsp3) is 0.143. The van der Waals surface area contributed by atoms with Crippen molar-refractivity contribution in [3.63, 3.8) is 0 Å². The molecule has 2 aliphatic rings. The molecule has 0 atom stereocenters. The van der Waals surface area contributed by atoms with Crippen LogP contribution in [-0.4, -0.2) is 33.1 Å². The molecule has 0 saturated carbocycles. The first kappa shape index (κ1) is 15.5. The SMILES string of the molecule is Cc1cccc(/C=C2\C(=N)N3N=C(C(F)(F)F)SC3=NC2=O)c1. The molecule has 1 aromatic rings. The van der Waals surface area contributed by atoms with Crippen molar-refractivity contribution in [2.45, 2.75) is 13.1 Å². The van der Waals surface area contributed by atoms with Crippen molar-refractivity contribution in [1.29, 1.82) is 5.41 Å². The Morgan fingerprint density at radius 2 is 2.09 bits per heavy atom. The first-order valence-electron chi connectivity index (χ1n) is 6.40. The number of fused-ring (bicyclic) bond motifs is 1. The van der Waals surface area contributed by atoms with Gasteiger partial charge in [-0.25, -0.2) is 0 Å². The summed E-state index contributed by atoms with van der Waals surface area (Å²) in [7, 11) is 0. The smallest absolute Gasteiger partial charge is 0.282 e. The van der Waals surface area contributed by atoms with E-state index in [0.29, 0.717) is 5.56 Å². The third-order valence-corrected chi connectivity index (χ3v) is 4.00. The highest BCUT2D eigenvalue weighted by molar-refractivity contribution is 8.27. The maximum Gasteiger partial charge on any atom is 0.441 e. The van der Waals surface area contributed by atoms with E-state index in [-0.39, 0.29) is 22.5 Å². The molecule has 1 aromatic carbocycles. The minimum Gasteiger partial charge on any atom is -0.282 e. The molecular formula is C14H9F3N4OS. The maximum absolute atomic E-state index is 12.7. The van der Waals surface area contributed by atoms with Gasteiger partial charge in [-0.1, -0.05) is 29.8 Å². The Kier molecular flexibility index (Phi) is 3.59. The molecule has 23 heavy (non-hydrogen) atoms. The van der Waals surface area contributed by atoms with Gasteiger partial charge in [0.05, 0.1) is 5.57 Å². The fourth-order valence-corrected chi connectivity index (χ4v) is 2.79. The zero-order valence-corrected chi connectivity index (χ0v) is 12.5. The number of carbonyl (C=O) groups excluding carboxylic acids is 1. The third-order valence-electron chi connectivity index (χ3n) is 3.05. The second-order valence-electron chi connectivity index (χ2n) is 4.84. The number of carbonyl (C=O) groups is 1. The Hall–Kier alpha value is -2.42. The van der Waals surface area contributed by atoms with Crippen molar-refractivity contribution < 1.29 is 18.0 Å². The van der Waals surface area contributed by atoms with Crippen LogP contribution in [0, 0.1) is 12.3 Å². The number of thioether (sulfide) groups is 1. The number of alkyl halides is 3. The average molecular weight is 338 g/mol. The minimum atomic E-state index is -4.64. The maximum atomic E-state index is 12.7. The van der Waals surface area contributed by atoms with Gasteiger partial charge < -0.3 is 0 Å². The van der Waals surface area contributed by atoms with Crippen LogP contribution in [0.5, 0.6) is 0 Å². The van der Waals surface area contributed by atoms with Crippen molar-refractivity contribution in [2.24, 2.45) is 10.1 Å². The van der Waals surface area contributed by atoms with E-state index in [0.717, 1.165) is 10.6 Å². The molecule has 0 aliphatic carbocycles. The molecule has 1 amide bonds. The van der Waals surface area contributed by atoms with Crippen LogP contribution in [0.4, 0.5) is 13.2 Å².